The van der Waals surface area contributed by atoms with E-state index < -0.39 is 17.0 Å². The summed E-state index contributed by atoms with van der Waals surface area (Å²) in [7, 11) is 0. The Kier molecular flexibility index (Phi) is 19.3. The second-order valence-electron chi connectivity index (χ2n) is 34.5. The van der Waals surface area contributed by atoms with Crippen molar-refractivity contribution in [1.29, 1.82) is 0 Å². The SMILES string of the molecule is CCCCc1ccc2c(c1)c1cc(C(C)(C)C)ccc1n2-c1cc(C(C)(C)CC(C)(C)C)cc(-c2cc(F)ccc2OCC(COc2ccc(F)cc2-c2cc(C(C)(C)CC(C)(C)C)cc(-n3c4ccc(CCCC)cc4c4cc(C(C)(C)C)ccc43)c2O)C(C)(C)C)c1O. The van der Waals surface area contributed by atoms with Gasteiger partial charge in [-0.25, -0.2) is 8.78 Å². The van der Waals surface area contributed by atoms with E-state index in [2.05, 4.69) is 239 Å². The Hall–Kier alpha value is -7.58. The minimum absolute atomic E-state index is 0.0192. The molecule has 0 spiro atoms. The number of nitrogens with zero attached hydrogens (tertiary/aromatic N) is 2. The number of fused-ring (bicyclic) bond motifs is 6. The highest BCUT2D eigenvalue weighted by Gasteiger charge is 2.35. The van der Waals surface area contributed by atoms with Gasteiger partial charge in [-0.3, -0.25) is 0 Å². The van der Waals surface area contributed by atoms with Crippen molar-refractivity contribution in [2.45, 2.75) is 218 Å². The van der Waals surface area contributed by atoms with E-state index in [1.54, 1.807) is 12.1 Å². The minimum Gasteiger partial charge on any atom is -0.505 e. The Labute approximate surface area is 567 Å². The average Bonchev–Trinajstić information content (AvgIpc) is 1.62. The molecule has 2 aromatic heterocycles. The molecule has 0 saturated heterocycles. The van der Waals surface area contributed by atoms with E-state index in [0.717, 1.165) is 106 Å². The van der Waals surface area contributed by atoms with Crippen LogP contribution in [-0.4, -0.2) is 32.6 Å². The molecule has 2 heterocycles. The van der Waals surface area contributed by atoms with Crippen molar-refractivity contribution < 1.29 is 28.5 Å². The van der Waals surface area contributed by atoms with Crippen LogP contribution in [0.2, 0.25) is 0 Å². The minimum atomic E-state index is -0.458. The van der Waals surface area contributed by atoms with Gasteiger partial charge in [0, 0.05) is 49.7 Å². The number of aromatic hydroxyl groups is 2. The van der Waals surface area contributed by atoms with Crippen molar-refractivity contribution in [3.05, 3.63) is 178 Å². The molecule has 0 aliphatic rings. The molecular formula is C87H108F2N2O4. The van der Waals surface area contributed by atoms with Crippen LogP contribution in [0.25, 0.3) is 77.2 Å². The first-order chi connectivity index (χ1) is 44.3. The molecular weight excluding hydrogens is 1170 g/mol. The van der Waals surface area contributed by atoms with Crippen molar-refractivity contribution in [2.75, 3.05) is 13.2 Å². The molecule has 2 N–H and O–H groups in total. The molecule has 504 valence electrons. The van der Waals surface area contributed by atoms with Crippen LogP contribution in [0, 0.1) is 33.8 Å². The molecule has 8 heteroatoms. The summed E-state index contributed by atoms with van der Waals surface area (Å²) in [6, 6.07) is 44.4. The Morgan fingerprint density at radius 2 is 0.737 bits per heavy atom. The fraction of sp³-hybridized carbons (Fsp3) is 0.448. The van der Waals surface area contributed by atoms with Crippen molar-refractivity contribution in [3.63, 3.8) is 0 Å². The predicted molar refractivity (Wildman–Crippen MR) is 398 cm³/mol. The van der Waals surface area contributed by atoms with Crippen molar-refractivity contribution in [3.8, 4) is 56.6 Å². The Morgan fingerprint density at radius 1 is 0.389 bits per heavy atom. The highest BCUT2D eigenvalue weighted by Crippen LogP contribution is 2.51. The molecule has 10 rings (SSSR count). The molecule has 0 fully saturated rings. The number of unbranched alkanes of at least 4 members (excludes halogenated alkanes) is 2. The molecule has 10 aromatic rings. The highest BCUT2D eigenvalue weighted by atomic mass is 19.1. The smallest absolute Gasteiger partial charge is 0.147 e. The lowest BCUT2D eigenvalue weighted by Crippen LogP contribution is -2.32. The van der Waals surface area contributed by atoms with Crippen molar-refractivity contribution >= 4 is 43.6 Å². The van der Waals surface area contributed by atoms with Gasteiger partial charge in [-0.2, -0.15) is 0 Å². The fourth-order valence-electron chi connectivity index (χ4n) is 14.9. The number of benzene rings is 8. The number of hydrogen-bond acceptors (Lipinski definition) is 4. The summed E-state index contributed by atoms with van der Waals surface area (Å²) in [4.78, 5) is 0. The third-order valence-electron chi connectivity index (χ3n) is 19.8. The van der Waals surface area contributed by atoms with Crippen LogP contribution in [0.4, 0.5) is 8.78 Å². The van der Waals surface area contributed by atoms with E-state index in [9.17, 15) is 10.2 Å². The molecule has 0 atom stereocenters. The third kappa shape index (κ3) is 15.0. The lowest BCUT2D eigenvalue weighted by atomic mass is 9.71. The summed E-state index contributed by atoms with van der Waals surface area (Å²) in [5, 5.41) is 30.8. The van der Waals surface area contributed by atoms with E-state index in [-0.39, 0.29) is 63.1 Å². The molecule has 95 heavy (non-hydrogen) atoms. The zero-order valence-corrected chi connectivity index (χ0v) is 61.2. The number of rotatable bonds is 20. The number of aryl methyl sites for hydroxylation is 2. The van der Waals surface area contributed by atoms with Gasteiger partial charge in [0.15, 0.2) is 0 Å². The monoisotopic (exact) mass is 1280 g/mol. The van der Waals surface area contributed by atoms with Gasteiger partial charge in [0.25, 0.3) is 0 Å². The van der Waals surface area contributed by atoms with Gasteiger partial charge in [-0.05, 0) is 219 Å². The lowest BCUT2D eigenvalue weighted by Gasteiger charge is -2.34. The van der Waals surface area contributed by atoms with E-state index in [0.29, 0.717) is 45.1 Å². The zero-order chi connectivity index (χ0) is 69.3. The summed E-state index contributed by atoms with van der Waals surface area (Å²) in [5.41, 5.74) is 12.5. The van der Waals surface area contributed by atoms with Gasteiger partial charge in [-0.1, -0.05) is 183 Å². The zero-order valence-electron chi connectivity index (χ0n) is 61.2. The van der Waals surface area contributed by atoms with Gasteiger partial charge in [-0.15, -0.1) is 0 Å². The summed E-state index contributed by atoms with van der Waals surface area (Å²) in [6.07, 6.45) is 8.00. The largest absolute Gasteiger partial charge is 0.505 e. The maximum Gasteiger partial charge on any atom is 0.147 e. The van der Waals surface area contributed by atoms with Crippen LogP contribution < -0.4 is 9.47 Å². The summed E-state index contributed by atoms with van der Waals surface area (Å²) in [5.74, 6) is -0.332. The standard InChI is InChI=1S/C87H108F2N2O4/c1-22-24-26-54-28-34-71-63(40-54)65-42-56(83(9,10)11)30-36-73(65)90(71)75-46-58(86(18,19)52-81(3,4)5)44-69(79(75)92)67-48-61(88)32-38-77(67)94-50-60(85(15,16)17)51-95-78-39-33-62(89)49-68(78)70-45-59(87(20,21)53-82(6,7)8)47-76(80(70)93)91-72-35-29-55(27-25-23-2)41-64(72)66-43-57(84(12,13)14)31-37-74(66)91/h28-49,60,92-93H,22-27,50-53H2,1-21H3. The van der Waals surface area contributed by atoms with Crippen LogP contribution in [0.5, 0.6) is 23.0 Å². The summed E-state index contributed by atoms with van der Waals surface area (Å²) < 4.78 is 50.8. The number of phenolic OH excluding ortho intramolecular Hbond substituents is 2. The highest BCUT2D eigenvalue weighted by molar-refractivity contribution is 6.11. The summed E-state index contributed by atoms with van der Waals surface area (Å²) in [6.45, 7) is 47.2. The lowest BCUT2D eigenvalue weighted by molar-refractivity contribution is 0.0925. The van der Waals surface area contributed by atoms with E-state index in [4.69, 9.17) is 9.47 Å². The predicted octanol–water partition coefficient (Wildman–Crippen LogP) is 24.7. The van der Waals surface area contributed by atoms with Gasteiger partial charge in [0.1, 0.15) is 34.6 Å². The Bertz CT molecular complexity index is 4200. The van der Waals surface area contributed by atoms with Crippen molar-refractivity contribution in [2.24, 2.45) is 22.2 Å². The number of halogens is 2. The van der Waals surface area contributed by atoms with Crippen LogP contribution in [0.15, 0.2) is 133 Å². The van der Waals surface area contributed by atoms with Crippen LogP contribution in [-0.2, 0) is 34.5 Å². The average molecular weight is 1280 g/mol. The number of hydrogen-bond donors (Lipinski definition) is 2. The van der Waals surface area contributed by atoms with E-state index in [1.807, 2.05) is 12.1 Å². The first-order valence-electron chi connectivity index (χ1n) is 35.0. The van der Waals surface area contributed by atoms with Crippen LogP contribution in [0.1, 0.15) is 217 Å². The van der Waals surface area contributed by atoms with Crippen LogP contribution in [0.3, 0.4) is 0 Å². The molecule has 0 amide bonds. The Morgan fingerprint density at radius 3 is 1.06 bits per heavy atom. The molecule has 0 aliphatic heterocycles. The normalized spacial score (nSPS) is 13.2. The Balaban J connectivity index is 1.07. The van der Waals surface area contributed by atoms with Gasteiger partial charge in [0.2, 0.25) is 0 Å². The molecule has 0 saturated carbocycles. The van der Waals surface area contributed by atoms with Crippen molar-refractivity contribution in [1.82, 2.24) is 9.13 Å². The van der Waals surface area contributed by atoms with E-state index in [1.165, 1.54) is 46.5 Å². The second-order valence-corrected chi connectivity index (χ2v) is 34.5. The summed E-state index contributed by atoms with van der Waals surface area (Å²) >= 11 is 0. The molecule has 8 aromatic carbocycles. The topological polar surface area (TPSA) is 68.8 Å². The van der Waals surface area contributed by atoms with Crippen LogP contribution >= 0.6 is 0 Å². The quantitative estimate of drug-likeness (QED) is 0.0798. The fourth-order valence-corrected chi connectivity index (χ4v) is 14.9. The first-order valence-corrected chi connectivity index (χ1v) is 35.0. The first kappa shape index (κ1) is 70.2. The molecule has 0 bridgehead atoms. The maximum absolute atomic E-state index is 16.2. The van der Waals surface area contributed by atoms with Gasteiger partial charge < -0.3 is 28.8 Å². The number of phenols is 2. The number of aromatic nitrogens is 2. The number of ether oxygens (including phenoxy) is 2. The molecule has 0 aliphatic carbocycles. The second kappa shape index (κ2) is 26.1. The van der Waals surface area contributed by atoms with E-state index >= 15 is 8.78 Å². The molecule has 0 unspecified atom stereocenters. The van der Waals surface area contributed by atoms with Gasteiger partial charge in [0.05, 0.1) is 46.7 Å². The maximum atomic E-state index is 16.2. The van der Waals surface area contributed by atoms with Gasteiger partial charge >= 0.3 is 0 Å². The molecule has 6 nitrogen and oxygen atoms in total. The molecule has 0 radical (unpaired) electrons. The third-order valence-corrected chi connectivity index (χ3v) is 19.8.